The standard InChI is InChI=1S/C27H25N5O5S/c1-20-17-22(21(2)31(20)24-13-7-4-8-14-24)18-28-29-27(33)19-30(23-11-5-3-6-12-23)38(36,37)26-16-10-9-15-25(26)32(34)35/h3-18H,19H2,1-2H3,(H,29,33)/b28-18-. The number of nitro benzene ring substituents is 1. The van der Waals surface area contributed by atoms with E-state index in [0.717, 1.165) is 39.1 Å². The molecule has 0 atom stereocenters. The third kappa shape index (κ3) is 5.47. The van der Waals surface area contributed by atoms with E-state index in [1.54, 1.807) is 18.2 Å². The van der Waals surface area contributed by atoms with E-state index >= 15 is 0 Å². The summed E-state index contributed by atoms with van der Waals surface area (Å²) in [5.74, 6) is -0.718. The number of carbonyl (C=O) groups excluding carboxylic acids is 1. The Hall–Kier alpha value is -4.77. The lowest BCUT2D eigenvalue weighted by molar-refractivity contribution is -0.387. The second-order valence-corrected chi connectivity index (χ2v) is 10.2. The Labute approximate surface area is 220 Å². The highest BCUT2D eigenvalue weighted by Crippen LogP contribution is 2.29. The third-order valence-corrected chi connectivity index (χ3v) is 7.66. The van der Waals surface area contributed by atoms with Crippen LogP contribution in [0.25, 0.3) is 5.69 Å². The van der Waals surface area contributed by atoms with Gasteiger partial charge in [-0.2, -0.15) is 5.10 Å². The fourth-order valence-electron chi connectivity index (χ4n) is 4.09. The number of carbonyl (C=O) groups is 1. The Morgan fingerprint density at radius 2 is 1.61 bits per heavy atom. The highest BCUT2D eigenvalue weighted by molar-refractivity contribution is 7.93. The number of anilines is 1. The van der Waals surface area contributed by atoms with Gasteiger partial charge < -0.3 is 4.57 Å². The maximum Gasteiger partial charge on any atom is 0.289 e. The van der Waals surface area contributed by atoms with Crippen molar-refractivity contribution in [1.82, 2.24) is 9.99 Å². The molecule has 3 aromatic carbocycles. The minimum atomic E-state index is -4.47. The van der Waals surface area contributed by atoms with Gasteiger partial charge in [-0.25, -0.2) is 13.8 Å². The Morgan fingerprint density at radius 1 is 1.00 bits per heavy atom. The molecule has 0 saturated heterocycles. The van der Waals surface area contributed by atoms with Crippen molar-refractivity contribution in [2.45, 2.75) is 18.7 Å². The van der Waals surface area contributed by atoms with Crippen LogP contribution in [0.1, 0.15) is 17.0 Å². The van der Waals surface area contributed by atoms with E-state index in [9.17, 15) is 23.3 Å². The number of benzene rings is 3. The molecule has 0 unspecified atom stereocenters. The molecule has 0 saturated carbocycles. The fourth-order valence-corrected chi connectivity index (χ4v) is 5.67. The molecular formula is C27H25N5O5S. The number of sulfonamides is 1. The van der Waals surface area contributed by atoms with Crippen molar-refractivity contribution >= 4 is 33.5 Å². The minimum absolute atomic E-state index is 0.177. The Morgan fingerprint density at radius 3 is 2.26 bits per heavy atom. The van der Waals surface area contributed by atoms with Crippen molar-refractivity contribution in [1.29, 1.82) is 0 Å². The molecule has 0 aliphatic rings. The zero-order valence-electron chi connectivity index (χ0n) is 20.7. The normalized spacial score (nSPS) is 11.4. The van der Waals surface area contributed by atoms with Crippen LogP contribution in [0, 0.1) is 24.0 Å². The molecule has 0 spiro atoms. The van der Waals surface area contributed by atoms with Gasteiger partial charge in [-0.15, -0.1) is 0 Å². The number of hydrazone groups is 1. The Bertz CT molecular complexity index is 1600. The van der Waals surface area contributed by atoms with Crippen molar-refractivity contribution in [2.24, 2.45) is 5.10 Å². The van der Waals surface area contributed by atoms with Crippen LogP contribution in [0.3, 0.4) is 0 Å². The summed E-state index contributed by atoms with van der Waals surface area (Å²) in [6.45, 7) is 3.25. The van der Waals surface area contributed by atoms with Crippen molar-refractivity contribution in [3.63, 3.8) is 0 Å². The molecule has 11 heteroatoms. The molecule has 1 heterocycles. The molecule has 0 fully saturated rings. The largest absolute Gasteiger partial charge is 0.318 e. The van der Waals surface area contributed by atoms with E-state index < -0.39 is 38.0 Å². The van der Waals surface area contributed by atoms with Gasteiger partial charge in [-0.3, -0.25) is 19.2 Å². The van der Waals surface area contributed by atoms with E-state index in [2.05, 4.69) is 15.1 Å². The van der Waals surface area contributed by atoms with E-state index in [1.165, 1.54) is 30.5 Å². The average molecular weight is 532 g/mol. The highest BCUT2D eigenvalue weighted by Gasteiger charge is 2.33. The van der Waals surface area contributed by atoms with Crippen LogP contribution in [0.15, 0.2) is 101 Å². The van der Waals surface area contributed by atoms with Gasteiger partial charge in [0, 0.05) is 28.7 Å². The molecule has 38 heavy (non-hydrogen) atoms. The zero-order chi connectivity index (χ0) is 27.3. The molecule has 0 bridgehead atoms. The molecule has 194 valence electrons. The summed E-state index contributed by atoms with van der Waals surface area (Å²) in [7, 11) is -4.47. The first-order chi connectivity index (χ1) is 18.2. The number of hydrogen-bond acceptors (Lipinski definition) is 6. The number of hydrogen-bond donors (Lipinski definition) is 1. The smallest absolute Gasteiger partial charge is 0.289 e. The van der Waals surface area contributed by atoms with Crippen molar-refractivity contribution in [3.05, 3.63) is 118 Å². The number of aryl methyl sites for hydroxylation is 1. The minimum Gasteiger partial charge on any atom is -0.318 e. The Balaban J connectivity index is 1.58. The molecule has 0 aliphatic heterocycles. The molecule has 4 aromatic rings. The Kier molecular flexibility index (Phi) is 7.68. The second kappa shape index (κ2) is 11.1. The highest BCUT2D eigenvalue weighted by atomic mass is 32.2. The summed E-state index contributed by atoms with van der Waals surface area (Å²) in [6, 6.07) is 24.6. The fraction of sp³-hybridized carbons (Fsp3) is 0.111. The van der Waals surface area contributed by atoms with Gasteiger partial charge in [0.2, 0.25) is 0 Å². The summed E-state index contributed by atoms with van der Waals surface area (Å²) < 4.78 is 29.9. The first kappa shape index (κ1) is 26.3. The van der Waals surface area contributed by atoms with Crippen molar-refractivity contribution in [2.75, 3.05) is 10.8 Å². The summed E-state index contributed by atoms with van der Waals surface area (Å²) >= 11 is 0. The van der Waals surface area contributed by atoms with Crippen LogP contribution in [0.2, 0.25) is 0 Å². The topological polar surface area (TPSA) is 127 Å². The predicted octanol–water partition coefficient (Wildman–Crippen LogP) is 4.35. The molecule has 1 N–H and O–H groups in total. The maximum absolute atomic E-state index is 13.5. The number of amides is 1. The van der Waals surface area contributed by atoms with Crippen LogP contribution in [0.4, 0.5) is 11.4 Å². The number of nitro groups is 1. The van der Waals surface area contributed by atoms with E-state index in [-0.39, 0.29) is 5.69 Å². The summed E-state index contributed by atoms with van der Waals surface area (Å²) in [5, 5.41) is 15.5. The first-order valence-corrected chi connectivity index (χ1v) is 13.0. The monoisotopic (exact) mass is 531 g/mol. The molecule has 0 radical (unpaired) electrons. The SMILES string of the molecule is Cc1cc(/C=N\NC(=O)CN(c2ccccc2)S(=O)(=O)c2ccccc2[N+](=O)[O-])c(C)n1-c1ccccc1. The lowest BCUT2D eigenvalue weighted by Crippen LogP contribution is -2.39. The quantitative estimate of drug-likeness (QED) is 0.195. The zero-order valence-corrected chi connectivity index (χ0v) is 21.5. The van der Waals surface area contributed by atoms with Crippen LogP contribution >= 0.6 is 0 Å². The van der Waals surface area contributed by atoms with E-state index in [4.69, 9.17) is 0 Å². The van der Waals surface area contributed by atoms with Crippen molar-refractivity contribution < 1.29 is 18.1 Å². The molecule has 10 nitrogen and oxygen atoms in total. The van der Waals surface area contributed by atoms with Gasteiger partial charge in [0.25, 0.3) is 21.6 Å². The molecule has 0 aliphatic carbocycles. The van der Waals surface area contributed by atoms with Gasteiger partial charge in [0.1, 0.15) is 6.54 Å². The molecular weight excluding hydrogens is 506 g/mol. The van der Waals surface area contributed by atoms with Crippen LogP contribution in [0.5, 0.6) is 0 Å². The number of nitrogens with zero attached hydrogens (tertiary/aromatic N) is 4. The summed E-state index contributed by atoms with van der Waals surface area (Å²) in [5.41, 5.74) is 5.62. The predicted molar refractivity (Wildman–Crippen MR) is 145 cm³/mol. The summed E-state index contributed by atoms with van der Waals surface area (Å²) in [6.07, 6.45) is 1.49. The molecule has 1 aromatic heterocycles. The number of para-hydroxylation sites is 3. The lowest BCUT2D eigenvalue weighted by Gasteiger charge is -2.23. The van der Waals surface area contributed by atoms with Gasteiger partial charge in [0.15, 0.2) is 4.90 Å². The third-order valence-electron chi connectivity index (χ3n) is 5.84. The molecule has 1 amide bonds. The van der Waals surface area contributed by atoms with Crippen LogP contribution in [-0.4, -0.2) is 36.6 Å². The lowest BCUT2D eigenvalue weighted by atomic mass is 10.2. The van der Waals surface area contributed by atoms with Gasteiger partial charge in [-0.05, 0) is 50.2 Å². The maximum atomic E-state index is 13.5. The number of aromatic nitrogens is 1. The van der Waals surface area contributed by atoms with E-state index in [0.29, 0.717) is 0 Å². The van der Waals surface area contributed by atoms with Crippen LogP contribution in [-0.2, 0) is 14.8 Å². The van der Waals surface area contributed by atoms with Gasteiger partial charge >= 0.3 is 0 Å². The first-order valence-electron chi connectivity index (χ1n) is 11.6. The van der Waals surface area contributed by atoms with Crippen molar-refractivity contribution in [3.8, 4) is 5.69 Å². The number of nitrogens with one attached hydrogen (secondary N) is 1. The van der Waals surface area contributed by atoms with E-state index in [1.807, 2.05) is 50.2 Å². The van der Waals surface area contributed by atoms with Crippen LogP contribution < -0.4 is 9.73 Å². The second-order valence-electron chi connectivity index (χ2n) is 8.36. The average Bonchev–Trinajstić information content (AvgIpc) is 3.20. The van der Waals surface area contributed by atoms with Gasteiger partial charge in [0.05, 0.1) is 16.8 Å². The van der Waals surface area contributed by atoms with Gasteiger partial charge in [-0.1, -0.05) is 48.5 Å². The summed E-state index contributed by atoms with van der Waals surface area (Å²) in [4.78, 5) is 23.0. The molecule has 4 rings (SSSR count). The number of rotatable bonds is 9.